The Morgan fingerprint density at radius 2 is 1.83 bits per heavy atom. The number of rotatable bonds is 6. The molecule has 10 heteroatoms. The number of benzene rings is 1. The summed E-state index contributed by atoms with van der Waals surface area (Å²) in [5, 5.41) is 0. The zero-order valence-corrected chi connectivity index (χ0v) is 18.4. The van der Waals surface area contributed by atoms with Crippen molar-refractivity contribution < 1.29 is 26.4 Å². The van der Waals surface area contributed by atoms with Crippen LogP contribution in [0.1, 0.15) is 30.6 Å². The van der Waals surface area contributed by atoms with Crippen molar-refractivity contribution in [3.63, 3.8) is 0 Å². The van der Waals surface area contributed by atoms with Crippen LogP contribution in [0.4, 0.5) is 0 Å². The molecular weight excluding hydrogens is 416 g/mol. The van der Waals surface area contributed by atoms with Crippen LogP contribution in [-0.2, 0) is 24.6 Å². The standard InChI is InChI=1S/C19H28N2O6S2/c1-15(2)13-21(17-7-12-28(23,24)14-17)19(22)16-3-5-18(6-4-16)29(25,26)20-8-10-27-11-9-20/h3-6,15,17H,7-14H2,1-2H3/t17-/m1/s1. The Labute approximate surface area is 172 Å². The zero-order chi connectivity index (χ0) is 21.2. The van der Waals surface area contributed by atoms with E-state index in [4.69, 9.17) is 4.74 Å². The van der Waals surface area contributed by atoms with Crippen LogP contribution in [0, 0.1) is 5.92 Å². The number of ether oxygens (including phenoxy) is 1. The van der Waals surface area contributed by atoms with E-state index in [0.717, 1.165) is 0 Å². The average molecular weight is 445 g/mol. The highest BCUT2D eigenvalue weighted by Crippen LogP contribution is 2.23. The van der Waals surface area contributed by atoms with Crippen molar-refractivity contribution in [2.45, 2.75) is 31.2 Å². The second-order valence-electron chi connectivity index (χ2n) is 7.95. The lowest BCUT2D eigenvalue weighted by Crippen LogP contribution is -2.43. The van der Waals surface area contributed by atoms with Crippen LogP contribution in [0.5, 0.6) is 0 Å². The van der Waals surface area contributed by atoms with Gasteiger partial charge in [0, 0.05) is 31.2 Å². The molecule has 29 heavy (non-hydrogen) atoms. The first-order valence-corrected chi connectivity index (χ1v) is 13.1. The van der Waals surface area contributed by atoms with Gasteiger partial charge in [-0.1, -0.05) is 13.8 Å². The molecule has 0 spiro atoms. The number of sulfonamides is 1. The molecule has 1 aromatic carbocycles. The maximum absolute atomic E-state index is 13.1. The van der Waals surface area contributed by atoms with Gasteiger partial charge >= 0.3 is 0 Å². The normalized spacial score (nSPS) is 22.7. The summed E-state index contributed by atoms with van der Waals surface area (Å²) >= 11 is 0. The van der Waals surface area contributed by atoms with Gasteiger partial charge in [0.15, 0.2) is 9.84 Å². The first-order valence-electron chi connectivity index (χ1n) is 9.79. The molecule has 1 atom stereocenters. The molecule has 2 aliphatic heterocycles. The largest absolute Gasteiger partial charge is 0.379 e. The van der Waals surface area contributed by atoms with Gasteiger partial charge < -0.3 is 9.64 Å². The maximum Gasteiger partial charge on any atom is 0.254 e. The molecule has 2 aliphatic rings. The SMILES string of the molecule is CC(C)CN(C(=O)c1ccc(S(=O)(=O)N2CCOCC2)cc1)[C@@H]1CCS(=O)(=O)C1. The molecule has 0 radical (unpaired) electrons. The third kappa shape index (κ3) is 5.17. The molecule has 0 bridgehead atoms. The van der Waals surface area contributed by atoms with E-state index < -0.39 is 19.9 Å². The minimum absolute atomic E-state index is 0.0189. The summed E-state index contributed by atoms with van der Waals surface area (Å²) in [7, 11) is -6.75. The predicted molar refractivity (Wildman–Crippen MR) is 109 cm³/mol. The summed E-state index contributed by atoms with van der Waals surface area (Å²) in [4.78, 5) is 14.9. The first kappa shape index (κ1) is 22.2. The number of carbonyl (C=O) groups is 1. The number of sulfone groups is 1. The average Bonchev–Trinajstić information content (AvgIpc) is 3.05. The van der Waals surface area contributed by atoms with E-state index in [1.807, 2.05) is 13.8 Å². The number of hydrogen-bond donors (Lipinski definition) is 0. The number of nitrogens with zero attached hydrogens (tertiary/aromatic N) is 2. The van der Waals surface area contributed by atoms with Gasteiger partial charge in [0.1, 0.15) is 0 Å². The van der Waals surface area contributed by atoms with Crippen molar-refractivity contribution in [2.24, 2.45) is 5.92 Å². The second-order valence-corrected chi connectivity index (χ2v) is 12.1. The van der Waals surface area contributed by atoms with Crippen molar-refractivity contribution in [1.29, 1.82) is 0 Å². The monoisotopic (exact) mass is 444 g/mol. The van der Waals surface area contributed by atoms with E-state index in [0.29, 0.717) is 44.8 Å². The Kier molecular flexibility index (Phi) is 6.67. The number of carbonyl (C=O) groups excluding carboxylic acids is 1. The lowest BCUT2D eigenvalue weighted by Gasteiger charge is -2.30. The molecule has 1 amide bonds. The Bertz CT molecular complexity index is 935. The highest BCUT2D eigenvalue weighted by molar-refractivity contribution is 7.91. The Morgan fingerprint density at radius 1 is 1.21 bits per heavy atom. The minimum atomic E-state index is -3.63. The van der Waals surface area contributed by atoms with Crippen molar-refractivity contribution in [3.05, 3.63) is 29.8 Å². The molecule has 2 fully saturated rings. The van der Waals surface area contributed by atoms with Crippen LogP contribution >= 0.6 is 0 Å². The maximum atomic E-state index is 13.1. The van der Waals surface area contributed by atoms with E-state index in [2.05, 4.69) is 0 Å². The van der Waals surface area contributed by atoms with Crippen molar-refractivity contribution in [3.8, 4) is 0 Å². The predicted octanol–water partition coefficient (Wildman–Crippen LogP) is 0.993. The highest BCUT2D eigenvalue weighted by Gasteiger charge is 2.35. The second kappa shape index (κ2) is 8.71. The fraction of sp³-hybridized carbons (Fsp3) is 0.632. The topological polar surface area (TPSA) is 101 Å². The number of amides is 1. The first-order chi connectivity index (χ1) is 13.6. The number of hydrogen-bond acceptors (Lipinski definition) is 6. The van der Waals surface area contributed by atoms with E-state index in [1.165, 1.54) is 28.6 Å². The van der Waals surface area contributed by atoms with Gasteiger partial charge in [-0.15, -0.1) is 0 Å². The molecule has 0 aliphatic carbocycles. The molecular formula is C19H28N2O6S2. The highest BCUT2D eigenvalue weighted by atomic mass is 32.2. The smallest absolute Gasteiger partial charge is 0.254 e. The molecule has 2 heterocycles. The Morgan fingerprint density at radius 3 is 2.34 bits per heavy atom. The zero-order valence-electron chi connectivity index (χ0n) is 16.8. The van der Waals surface area contributed by atoms with Gasteiger partial charge in [-0.25, -0.2) is 16.8 Å². The van der Waals surface area contributed by atoms with Gasteiger partial charge in [-0.3, -0.25) is 4.79 Å². The van der Waals surface area contributed by atoms with Crippen LogP contribution in [0.3, 0.4) is 0 Å². The quantitative estimate of drug-likeness (QED) is 0.649. The van der Waals surface area contributed by atoms with Crippen molar-refractivity contribution >= 4 is 25.8 Å². The molecule has 0 saturated carbocycles. The lowest BCUT2D eigenvalue weighted by atomic mass is 10.1. The van der Waals surface area contributed by atoms with Gasteiger partial charge in [0.25, 0.3) is 5.91 Å². The van der Waals surface area contributed by atoms with Gasteiger partial charge in [-0.2, -0.15) is 4.31 Å². The van der Waals surface area contributed by atoms with Gasteiger partial charge in [0.05, 0.1) is 29.6 Å². The van der Waals surface area contributed by atoms with Crippen LogP contribution in [0.25, 0.3) is 0 Å². The summed E-state index contributed by atoms with van der Waals surface area (Å²) < 4.78 is 55.8. The van der Waals surface area contributed by atoms with E-state index in [-0.39, 0.29) is 34.3 Å². The van der Waals surface area contributed by atoms with Crippen LogP contribution < -0.4 is 0 Å². The van der Waals surface area contributed by atoms with E-state index in [1.54, 1.807) is 4.90 Å². The summed E-state index contributed by atoms with van der Waals surface area (Å²) in [5.74, 6) is -0.00931. The summed E-state index contributed by atoms with van der Waals surface area (Å²) in [6.45, 7) is 5.74. The van der Waals surface area contributed by atoms with Crippen LogP contribution in [0.15, 0.2) is 29.2 Å². The molecule has 162 valence electrons. The van der Waals surface area contributed by atoms with Gasteiger partial charge in [0.2, 0.25) is 10.0 Å². The van der Waals surface area contributed by atoms with Crippen LogP contribution in [-0.4, -0.2) is 82.3 Å². The fourth-order valence-corrected chi connectivity index (χ4v) is 6.82. The molecule has 8 nitrogen and oxygen atoms in total. The van der Waals surface area contributed by atoms with E-state index >= 15 is 0 Å². The van der Waals surface area contributed by atoms with Crippen molar-refractivity contribution in [2.75, 3.05) is 44.4 Å². The van der Waals surface area contributed by atoms with Crippen LogP contribution in [0.2, 0.25) is 0 Å². The Hall–Kier alpha value is -1.49. The van der Waals surface area contributed by atoms with E-state index in [9.17, 15) is 21.6 Å². The fourth-order valence-electron chi connectivity index (χ4n) is 3.68. The van der Waals surface area contributed by atoms with Crippen molar-refractivity contribution in [1.82, 2.24) is 9.21 Å². The number of morpholine rings is 1. The molecule has 2 saturated heterocycles. The summed E-state index contributed by atoms with van der Waals surface area (Å²) in [6, 6.07) is 5.55. The third-order valence-electron chi connectivity index (χ3n) is 5.18. The van der Waals surface area contributed by atoms with Gasteiger partial charge in [-0.05, 0) is 36.6 Å². The summed E-state index contributed by atoms with van der Waals surface area (Å²) in [6.07, 6.45) is 0.435. The summed E-state index contributed by atoms with van der Waals surface area (Å²) in [5.41, 5.74) is 0.357. The molecule has 3 rings (SSSR count). The third-order valence-corrected chi connectivity index (χ3v) is 8.84. The molecule has 0 unspecified atom stereocenters. The molecule has 0 aromatic heterocycles. The molecule has 1 aromatic rings. The Balaban J connectivity index is 1.80. The lowest BCUT2D eigenvalue weighted by molar-refractivity contribution is 0.0672. The minimum Gasteiger partial charge on any atom is -0.379 e. The molecule has 0 N–H and O–H groups in total.